The molecule has 0 bridgehead atoms. The minimum atomic E-state index is -0.150. The fourth-order valence-corrected chi connectivity index (χ4v) is 6.07. The molecule has 4 unspecified atom stereocenters. The molecule has 2 saturated heterocycles. The first-order valence-electron chi connectivity index (χ1n) is 11.6. The number of ether oxygens (including phenoxy) is 1. The van der Waals surface area contributed by atoms with E-state index in [1.165, 1.54) is 64.5 Å². The Kier molecular flexibility index (Phi) is 6.90. The van der Waals surface area contributed by atoms with Gasteiger partial charge < -0.3 is 20.1 Å². The number of piperidine rings is 1. The first kappa shape index (κ1) is 19.2. The van der Waals surface area contributed by atoms with E-state index < -0.39 is 0 Å². The highest BCUT2D eigenvalue weighted by Crippen LogP contribution is 2.36. The Labute approximate surface area is 160 Å². The number of nitrogens with one attached hydrogen (secondary N) is 1. The largest absolute Gasteiger partial charge is 0.391 e. The predicted molar refractivity (Wildman–Crippen MR) is 105 cm³/mol. The second-order valence-electron chi connectivity index (χ2n) is 9.45. The molecule has 4 atom stereocenters. The van der Waals surface area contributed by atoms with Crippen LogP contribution in [0, 0.1) is 11.8 Å². The van der Waals surface area contributed by atoms with E-state index in [4.69, 9.17) is 4.74 Å². The van der Waals surface area contributed by atoms with Gasteiger partial charge in [-0.3, -0.25) is 0 Å². The highest BCUT2D eigenvalue weighted by Gasteiger charge is 2.38. The minimum Gasteiger partial charge on any atom is -0.391 e. The van der Waals surface area contributed by atoms with Gasteiger partial charge in [0.2, 0.25) is 0 Å². The van der Waals surface area contributed by atoms with Gasteiger partial charge in [-0.2, -0.15) is 0 Å². The zero-order valence-corrected chi connectivity index (χ0v) is 16.6. The van der Waals surface area contributed by atoms with Gasteiger partial charge >= 0.3 is 0 Å². The first-order valence-corrected chi connectivity index (χ1v) is 11.6. The van der Waals surface area contributed by atoms with E-state index in [0.29, 0.717) is 24.1 Å². The molecule has 4 fully saturated rings. The quantitative estimate of drug-likeness (QED) is 0.759. The van der Waals surface area contributed by atoms with Crippen molar-refractivity contribution in [2.24, 2.45) is 11.8 Å². The van der Waals surface area contributed by atoms with Crippen molar-refractivity contribution in [1.29, 1.82) is 0 Å². The molecule has 0 aromatic carbocycles. The Morgan fingerprint density at radius 1 is 0.885 bits per heavy atom. The average molecular weight is 365 g/mol. The molecule has 4 heteroatoms. The second kappa shape index (κ2) is 9.36. The van der Waals surface area contributed by atoms with E-state index in [-0.39, 0.29) is 6.10 Å². The molecule has 150 valence electrons. The number of hydrogen-bond donors (Lipinski definition) is 2. The van der Waals surface area contributed by atoms with Crippen LogP contribution in [0.25, 0.3) is 0 Å². The molecule has 4 aliphatic rings. The number of fused-ring (bicyclic) bond motifs is 1. The Morgan fingerprint density at radius 3 is 2.46 bits per heavy atom. The van der Waals surface area contributed by atoms with Crippen molar-refractivity contribution < 1.29 is 9.84 Å². The average Bonchev–Trinajstić information content (AvgIpc) is 3.21. The van der Waals surface area contributed by atoms with Gasteiger partial charge in [-0.15, -0.1) is 0 Å². The van der Waals surface area contributed by atoms with Crippen LogP contribution in [0.1, 0.15) is 77.0 Å². The lowest BCUT2D eigenvalue weighted by atomic mass is 9.74. The molecule has 2 aliphatic carbocycles. The Morgan fingerprint density at radius 2 is 1.65 bits per heavy atom. The summed E-state index contributed by atoms with van der Waals surface area (Å²) in [7, 11) is 0. The summed E-state index contributed by atoms with van der Waals surface area (Å²) in [6.45, 7) is 4.53. The SMILES string of the molecule is OC(C1CCC(OCCN2CCCC2)CC1)C1CCC2CCCCC2N1. The lowest BCUT2D eigenvalue weighted by molar-refractivity contribution is -0.0259. The summed E-state index contributed by atoms with van der Waals surface area (Å²) in [5.74, 6) is 1.36. The molecule has 0 spiro atoms. The van der Waals surface area contributed by atoms with Crippen molar-refractivity contribution in [2.45, 2.75) is 101 Å². The van der Waals surface area contributed by atoms with E-state index in [0.717, 1.165) is 44.8 Å². The molecule has 2 N–H and O–H groups in total. The lowest BCUT2D eigenvalue weighted by Crippen LogP contribution is -2.55. The fraction of sp³-hybridized carbons (Fsp3) is 1.00. The Balaban J connectivity index is 1.15. The van der Waals surface area contributed by atoms with Crippen LogP contribution < -0.4 is 5.32 Å². The summed E-state index contributed by atoms with van der Waals surface area (Å²) in [4.78, 5) is 2.53. The maximum absolute atomic E-state index is 11.0. The van der Waals surface area contributed by atoms with E-state index in [9.17, 15) is 5.11 Å². The summed E-state index contributed by atoms with van der Waals surface area (Å²) >= 11 is 0. The molecule has 0 aromatic heterocycles. The molecule has 26 heavy (non-hydrogen) atoms. The second-order valence-corrected chi connectivity index (χ2v) is 9.45. The smallest absolute Gasteiger partial charge is 0.0721 e. The van der Waals surface area contributed by atoms with Crippen LogP contribution in [0.4, 0.5) is 0 Å². The van der Waals surface area contributed by atoms with Crippen LogP contribution in [-0.2, 0) is 4.74 Å². The Bertz CT molecular complexity index is 418. The summed E-state index contributed by atoms with van der Waals surface area (Å²) in [5.41, 5.74) is 0. The normalized spacial score (nSPS) is 40.3. The number of likely N-dealkylation sites (tertiary alicyclic amines) is 1. The number of aliphatic hydroxyl groups excluding tert-OH is 1. The van der Waals surface area contributed by atoms with Crippen molar-refractivity contribution >= 4 is 0 Å². The number of hydrogen-bond acceptors (Lipinski definition) is 4. The zero-order chi connectivity index (χ0) is 17.8. The van der Waals surface area contributed by atoms with Crippen molar-refractivity contribution in [3.05, 3.63) is 0 Å². The maximum atomic E-state index is 11.0. The minimum absolute atomic E-state index is 0.150. The summed E-state index contributed by atoms with van der Waals surface area (Å²) in [6, 6.07) is 1.02. The Hall–Kier alpha value is -0.160. The fourth-order valence-electron chi connectivity index (χ4n) is 6.07. The van der Waals surface area contributed by atoms with Crippen LogP contribution in [0.15, 0.2) is 0 Å². The standard InChI is InChI=1S/C22H40N2O2/c25-22(21-12-9-17-5-1-2-6-20(17)23-21)18-7-10-19(11-8-18)26-16-15-24-13-3-4-14-24/h17-23,25H,1-16H2. The maximum Gasteiger partial charge on any atom is 0.0721 e. The van der Waals surface area contributed by atoms with Gasteiger partial charge in [0.1, 0.15) is 0 Å². The molecule has 4 rings (SSSR count). The van der Waals surface area contributed by atoms with Crippen LogP contribution in [0.2, 0.25) is 0 Å². The van der Waals surface area contributed by atoms with Crippen LogP contribution in [0.5, 0.6) is 0 Å². The third kappa shape index (κ3) is 4.81. The molecule has 2 aliphatic heterocycles. The van der Waals surface area contributed by atoms with Gasteiger partial charge in [0.25, 0.3) is 0 Å². The topological polar surface area (TPSA) is 44.7 Å². The number of rotatable bonds is 6. The molecular weight excluding hydrogens is 324 g/mol. The molecule has 0 amide bonds. The summed E-state index contributed by atoms with van der Waals surface area (Å²) in [5, 5.41) is 14.8. The third-order valence-corrected chi connectivity index (χ3v) is 7.76. The van der Waals surface area contributed by atoms with Crippen molar-refractivity contribution in [2.75, 3.05) is 26.2 Å². The lowest BCUT2D eigenvalue weighted by Gasteiger charge is -2.44. The van der Waals surface area contributed by atoms with E-state index in [1.54, 1.807) is 0 Å². The molecule has 0 aromatic rings. The summed E-state index contributed by atoms with van der Waals surface area (Å²) in [6.07, 6.45) is 15.6. The number of aliphatic hydroxyl groups is 1. The zero-order valence-electron chi connectivity index (χ0n) is 16.6. The van der Waals surface area contributed by atoms with Crippen molar-refractivity contribution in [3.8, 4) is 0 Å². The predicted octanol–water partition coefficient (Wildman–Crippen LogP) is 3.33. The van der Waals surface area contributed by atoms with Gasteiger partial charge in [0.05, 0.1) is 18.8 Å². The molecule has 2 heterocycles. The molecule has 2 saturated carbocycles. The van der Waals surface area contributed by atoms with E-state index in [1.807, 2.05) is 0 Å². The van der Waals surface area contributed by atoms with Gasteiger partial charge in [-0.1, -0.05) is 12.8 Å². The van der Waals surface area contributed by atoms with E-state index in [2.05, 4.69) is 10.2 Å². The van der Waals surface area contributed by atoms with Gasteiger partial charge in [-0.25, -0.2) is 0 Å². The van der Waals surface area contributed by atoms with Crippen molar-refractivity contribution in [3.63, 3.8) is 0 Å². The highest BCUT2D eigenvalue weighted by molar-refractivity contribution is 4.94. The van der Waals surface area contributed by atoms with E-state index >= 15 is 0 Å². The molecule has 4 nitrogen and oxygen atoms in total. The third-order valence-electron chi connectivity index (χ3n) is 7.76. The van der Waals surface area contributed by atoms with Crippen molar-refractivity contribution in [1.82, 2.24) is 10.2 Å². The van der Waals surface area contributed by atoms with Gasteiger partial charge in [-0.05, 0) is 89.1 Å². The summed E-state index contributed by atoms with van der Waals surface area (Å²) < 4.78 is 6.15. The first-order chi connectivity index (χ1) is 12.8. The monoisotopic (exact) mass is 364 g/mol. The molecule has 0 radical (unpaired) electrons. The highest BCUT2D eigenvalue weighted by atomic mass is 16.5. The number of nitrogens with zero attached hydrogens (tertiary/aromatic N) is 1. The van der Waals surface area contributed by atoms with Crippen LogP contribution in [0.3, 0.4) is 0 Å². The van der Waals surface area contributed by atoms with Gasteiger partial charge in [0.15, 0.2) is 0 Å². The van der Waals surface area contributed by atoms with Crippen LogP contribution in [-0.4, -0.2) is 60.5 Å². The van der Waals surface area contributed by atoms with Crippen LogP contribution >= 0.6 is 0 Å². The van der Waals surface area contributed by atoms with Gasteiger partial charge in [0, 0.05) is 18.6 Å². The molecular formula is C22H40N2O2.